The summed E-state index contributed by atoms with van der Waals surface area (Å²) in [6.45, 7) is 0. The maximum atomic E-state index is 12.0. The van der Waals surface area contributed by atoms with Crippen LogP contribution >= 0.6 is 11.6 Å². The maximum absolute atomic E-state index is 12.0. The van der Waals surface area contributed by atoms with Gasteiger partial charge in [0.05, 0.1) is 5.25 Å². The van der Waals surface area contributed by atoms with Crippen molar-refractivity contribution in [3.63, 3.8) is 0 Å². The van der Waals surface area contributed by atoms with E-state index >= 15 is 0 Å². The first-order valence-electron chi connectivity index (χ1n) is 5.31. The van der Waals surface area contributed by atoms with Crippen LogP contribution in [0.2, 0.25) is 5.02 Å². The zero-order valence-corrected chi connectivity index (χ0v) is 10.4. The molecule has 16 heavy (non-hydrogen) atoms. The number of rotatable bonds is 3. The predicted octanol–water partition coefficient (Wildman–Crippen LogP) is 2.71. The number of hydrogen-bond donors (Lipinski definition) is 0. The number of carbonyl (C=O) groups excluding carboxylic acids is 1. The van der Waals surface area contributed by atoms with Gasteiger partial charge in [-0.15, -0.1) is 0 Å². The predicted molar refractivity (Wildman–Crippen MR) is 65.9 cm³/mol. The van der Waals surface area contributed by atoms with Gasteiger partial charge in [-0.25, -0.2) is 0 Å². The second-order valence-corrected chi connectivity index (χ2v) is 6.05. The summed E-state index contributed by atoms with van der Waals surface area (Å²) in [5.41, 5.74) is 0.974. The molecule has 2 rings (SSSR count). The minimum absolute atomic E-state index is 0.160. The van der Waals surface area contributed by atoms with Crippen molar-refractivity contribution in [1.29, 1.82) is 0 Å². The topological polar surface area (TPSA) is 34.1 Å². The van der Waals surface area contributed by atoms with Crippen molar-refractivity contribution in [1.82, 2.24) is 0 Å². The molecule has 1 aliphatic rings. The second kappa shape index (κ2) is 5.11. The van der Waals surface area contributed by atoms with Crippen molar-refractivity contribution in [3.8, 4) is 0 Å². The molecule has 2 atom stereocenters. The Balaban J connectivity index is 2.02. The molecule has 86 valence electrons. The zero-order chi connectivity index (χ0) is 11.5. The van der Waals surface area contributed by atoms with E-state index in [9.17, 15) is 9.00 Å². The molecule has 1 fully saturated rings. The van der Waals surface area contributed by atoms with Gasteiger partial charge in [0.25, 0.3) is 0 Å². The molecule has 0 radical (unpaired) electrons. The van der Waals surface area contributed by atoms with Gasteiger partial charge in [-0.2, -0.15) is 0 Å². The van der Waals surface area contributed by atoms with E-state index in [1.807, 2.05) is 12.1 Å². The maximum Gasteiger partial charge on any atom is 0.148 e. The molecule has 1 saturated carbocycles. The molecule has 2 nitrogen and oxygen atoms in total. The van der Waals surface area contributed by atoms with Gasteiger partial charge in [0.1, 0.15) is 5.78 Å². The molecular weight excluding hydrogens is 244 g/mol. The van der Waals surface area contributed by atoms with Crippen LogP contribution in [0.5, 0.6) is 0 Å². The van der Waals surface area contributed by atoms with Crippen LogP contribution in [0.25, 0.3) is 0 Å². The van der Waals surface area contributed by atoms with Crippen LogP contribution in [0.4, 0.5) is 0 Å². The lowest BCUT2D eigenvalue weighted by Crippen LogP contribution is -2.20. The first kappa shape index (κ1) is 11.8. The van der Waals surface area contributed by atoms with Crippen molar-refractivity contribution in [3.05, 3.63) is 34.9 Å². The minimum Gasteiger partial charge on any atom is -0.298 e. The lowest BCUT2D eigenvalue weighted by atomic mass is 10.2. The quantitative estimate of drug-likeness (QED) is 0.833. The SMILES string of the molecule is O=C1CCCC1S(=O)Cc1ccc(Cl)cc1. The fourth-order valence-corrected chi connectivity index (χ4v) is 3.60. The van der Waals surface area contributed by atoms with Crippen molar-refractivity contribution in [2.45, 2.75) is 30.3 Å². The van der Waals surface area contributed by atoms with Crippen LogP contribution in [-0.4, -0.2) is 15.2 Å². The summed E-state index contributed by atoms with van der Waals surface area (Å²) in [5.74, 6) is 0.611. The van der Waals surface area contributed by atoms with Gasteiger partial charge in [0, 0.05) is 28.0 Å². The van der Waals surface area contributed by atoms with Gasteiger partial charge >= 0.3 is 0 Å². The summed E-state index contributed by atoms with van der Waals surface area (Å²) in [7, 11) is -1.08. The molecule has 0 amide bonds. The van der Waals surface area contributed by atoms with Gasteiger partial charge in [-0.3, -0.25) is 9.00 Å². The van der Waals surface area contributed by atoms with Gasteiger partial charge in [0.2, 0.25) is 0 Å². The van der Waals surface area contributed by atoms with Crippen LogP contribution in [-0.2, 0) is 21.3 Å². The number of Topliss-reactive ketones (excluding diaryl/α,β-unsaturated/α-hetero) is 1. The summed E-state index contributed by atoms with van der Waals surface area (Å²) in [4.78, 5) is 11.4. The summed E-state index contributed by atoms with van der Waals surface area (Å²) in [6, 6.07) is 7.29. The largest absolute Gasteiger partial charge is 0.298 e. The Labute approximate surface area is 102 Å². The first-order chi connectivity index (χ1) is 7.66. The van der Waals surface area contributed by atoms with Gasteiger partial charge in [0.15, 0.2) is 0 Å². The highest BCUT2D eigenvalue weighted by atomic mass is 35.5. The molecule has 1 aromatic carbocycles. The first-order valence-corrected chi connectivity index (χ1v) is 7.07. The molecule has 4 heteroatoms. The second-order valence-electron chi connectivity index (χ2n) is 4.00. The molecular formula is C12H13ClO2S. The van der Waals surface area contributed by atoms with E-state index in [-0.39, 0.29) is 11.0 Å². The van der Waals surface area contributed by atoms with Crippen LogP contribution in [0, 0.1) is 0 Å². The molecule has 0 aliphatic heterocycles. The highest BCUT2D eigenvalue weighted by Crippen LogP contribution is 2.22. The van der Waals surface area contributed by atoms with Crippen molar-refractivity contribution in [2.75, 3.05) is 0 Å². The highest BCUT2D eigenvalue weighted by Gasteiger charge is 2.29. The van der Waals surface area contributed by atoms with Gasteiger partial charge in [-0.1, -0.05) is 23.7 Å². The average Bonchev–Trinajstić information content (AvgIpc) is 2.68. The van der Waals surface area contributed by atoms with Crippen LogP contribution < -0.4 is 0 Å². The molecule has 0 bridgehead atoms. The van der Waals surface area contributed by atoms with Crippen LogP contribution in [0.1, 0.15) is 24.8 Å². The van der Waals surface area contributed by atoms with Crippen molar-refractivity contribution in [2.24, 2.45) is 0 Å². The van der Waals surface area contributed by atoms with Gasteiger partial charge < -0.3 is 0 Å². The van der Waals surface area contributed by atoms with Gasteiger partial charge in [-0.05, 0) is 30.5 Å². The fourth-order valence-electron chi connectivity index (χ4n) is 1.91. The molecule has 0 saturated heterocycles. The monoisotopic (exact) mass is 256 g/mol. The van der Waals surface area contributed by atoms with E-state index in [1.54, 1.807) is 12.1 Å². The summed E-state index contributed by atoms with van der Waals surface area (Å²) >= 11 is 5.77. The summed E-state index contributed by atoms with van der Waals surface area (Å²) < 4.78 is 12.0. The number of hydrogen-bond acceptors (Lipinski definition) is 2. The lowest BCUT2D eigenvalue weighted by Gasteiger charge is -2.07. The van der Waals surface area contributed by atoms with E-state index in [0.29, 0.717) is 17.2 Å². The number of benzene rings is 1. The van der Waals surface area contributed by atoms with Crippen LogP contribution in [0.3, 0.4) is 0 Å². The number of ketones is 1. The third-order valence-corrected chi connectivity index (χ3v) is 4.79. The Bertz CT molecular complexity index is 414. The van der Waals surface area contributed by atoms with E-state index in [4.69, 9.17) is 11.6 Å². The summed E-state index contributed by atoms with van der Waals surface area (Å²) in [5, 5.41) is 0.433. The third kappa shape index (κ3) is 2.71. The number of carbonyl (C=O) groups is 1. The Hall–Kier alpha value is -0.670. The molecule has 0 aromatic heterocycles. The standard InChI is InChI=1S/C12H13ClO2S/c13-10-6-4-9(5-7-10)8-16(15)12-3-1-2-11(12)14/h4-7,12H,1-3,8H2. The highest BCUT2D eigenvalue weighted by molar-refractivity contribution is 7.85. The molecule has 1 aliphatic carbocycles. The van der Waals surface area contributed by atoms with E-state index < -0.39 is 10.8 Å². The molecule has 0 spiro atoms. The number of halogens is 1. The minimum atomic E-state index is -1.08. The Morgan fingerprint density at radius 3 is 2.56 bits per heavy atom. The zero-order valence-electron chi connectivity index (χ0n) is 8.82. The Morgan fingerprint density at radius 1 is 1.31 bits per heavy atom. The summed E-state index contributed by atoms with van der Waals surface area (Å²) in [6.07, 6.45) is 2.26. The van der Waals surface area contributed by atoms with E-state index in [1.165, 1.54) is 0 Å². The normalized spacial score (nSPS) is 22.3. The molecule has 1 aromatic rings. The molecule has 0 N–H and O–H groups in total. The van der Waals surface area contributed by atoms with Crippen molar-refractivity contribution >= 4 is 28.2 Å². The Kier molecular flexibility index (Phi) is 3.77. The van der Waals surface area contributed by atoms with Crippen LogP contribution in [0.15, 0.2) is 24.3 Å². The van der Waals surface area contributed by atoms with Crippen molar-refractivity contribution < 1.29 is 9.00 Å². The van der Waals surface area contributed by atoms with E-state index in [2.05, 4.69) is 0 Å². The fraction of sp³-hybridized carbons (Fsp3) is 0.417. The Morgan fingerprint density at radius 2 is 2.00 bits per heavy atom. The smallest absolute Gasteiger partial charge is 0.148 e. The molecule has 2 unspecified atom stereocenters. The lowest BCUT2D eigenvalue weighted by molar-refractivity contribution is -0.117. The molecule has 0 heterocycles. The van der Waals surface area contributed by atoms with E-state index in [0.717, 1.165) is 18.4 Å². The third-order valence-electron chi connectivity index (χ3n) is 2.79. The average molecular weight is 257 g/mol.